The molecule has 0 aromatic heterocycles. The van der Waals surface area contributed by atoms with E-state index in [9.17, 15) is 26.3 Å². The maximum Gasteiger partial charge on any atom is 0.490 e. The number of carboxylic acids is 1. The van der Waals surface area contributed by atoms with Crippen molar-refractivity contribution in [1.29, 1.82) is 0 Å². The highest BCUT2D eigenvalue weighted by Crippen LogP contribution is 2.42. The second-order valence-corrected chi connectivity index (χ2v) is 5.82. The van der Waals surface area contributed by atoms with Gasteiger partial charge in [-0.2, -0.15) is 26.3 Å². The van der Waals surface area contributed by atoms with Crippen LogP contribution in [0.1, 0.15) is 17.5 Å². The van der Waals surface area contributed by atoms with Gasteiger partial charge in [-0.05, 0) is 42.0 Å². The van der Waals surface area contributed by atoms with E-state index in [-0.39, 0.29) is 0 Å². The lowest BCUT2D eigenvalue weighted by Crippen LogP contribution is -2.21. The van der Waals surface area contributed by atoms with Crippen LogP contribution in [0.5, 0.6) is 0 Å². The van der Waals surface area contributed by atoms with Gasteiger partial charge in [-0.15, -0.1) is 0 Å². The molecule has 1 aromatic carbocycles. The fourth-order valence-corrected chi connectivity index (χ4v) is 2.99. The molecular weight excluding hydrogens is 352 g/mol. The minimum Gasteiger partial charge on any atom is -0.475 e. The lowest BCUT2D eigenvalue weighted by atomic mass is 9.96. The monoisotopic (exact) mass is 367 g/mol. The normalized spacial score (nSPS) is 22.7. The van der Waals surface area contributed by atoms with Gasteiger partial charge < -0.3 is 10.4 Å². The predicted molar refractivity (Wildman–Crippen MR) is 77.6 cm³/mol. The quantitative estimate of drug-likeness (QED) is 0.739. The highest BCUT2D eigenvalue weighted by atomic mass is 19.4. The Balaban J connectivity index is 0.000000277. The number of carbonyl (C=O) groups is 1. The number of rotatable bonds is 1. The van der Waals surface area contributed by atoms with Crippen LogP contribution in [0.3, 0.4) is 0 Å². The molecule has 2 aliphatic rings. The molecule has 2 atom stereocenters. The lowest BCUT2D eigenvalue weighted by molar-refractivity contribution is -0.192. The van der Waals surface area contributed by atoms with Gasteiger partial charge >= 0.3 is 18.3 Å². The van der Waals surface area contributed by atoms with Crippen molar-refractivity contribution < 1.29 is 36.2 Å². The fourth-order valence-electron chi connectivity index (χ4n) is 2.99. The summed E-state index contributed by atoms with van der Waals surface area (Å²) in [6, 6.07) is 5.88. The molecule has 0 bridgehead atoms. The molecular formula is C16H15F6NO2. The summed E-state index contributed by atoms with van der Waals surface area (Å²) >= 11 is 0. The molecule has 25 heavy (non-hydrogen) atoms. The smallest absolute Gasteiger partial charge is 0.475 e. The van der Waals surface area contributed by atoms with Crippen LogP contribution in [0, 0.1) is 11.8 Å². The molecule has 1 aliphatic heterocycles. The second kappa shape index (κ2) is 7.07. The molecule has 0 saturated carbocycles. The molecule has 0 spiro atoms. The third kappa shape index (κ3) is 4.75. The Morgan fingerprint density at radius 1 is 1.08 bits per heavy atom. The van der Waals surface area contributed by atoms with Crippen molar-refractivity contribution >= 4 is 11.5 Å². The van der Waals surface area contributed by atoms with Gasteiger partial charge in [0.05, 0.1) is 5.56 Å². The SMILES string of the molecule is FC(F)(F)c1ccccc1C1=C[C@H]2CNC[C@H]2C1.O=C(O)C(F)(F)F. The zero-order valence-electron chi connectivity index (χ0n) is 12.8. The van der Waals surface area contributed by atoms with Gasteiger partial charge in [0.15, 0.2) is 0 Å². The first kappa shape index (κ1) is 19.3. The average Bonchev–Trinajstić information content (AvgIpc) is 3.07. The molecule has 0 amide bonds. The number of hydrogen-bond acceptors (Lipinski definition) is 2. The summed E-state index contributed by atoms with van der Waals surface area (Å²) in [5.74, 6) is -1.88. The first-order valence-corrected chi connectivity index (χ1v) is 7.38. The number of carboxylic acid groups (broad SMARTS) is 1. The summed E-state index contributed by atoms with van der Waals surface area (Å²) in [6.45, 7) is 1.81. The Morgan fingerprint density at radius 3 is 2.20 bits per heavy atom. The lowest BCUT2D eigenvalue weighted by Gasteiger charge is -2.14. The fraction of sp³-hybridized carbons (Fsp3) is 0.438. The summed E-state index contributed by atoms with van der Waals surface area (Å²) in [4.78, 5) is 8.90. The standard InChI is InChI=1S/C14H14F3N.C2HF3O2/c15-14(16,17)13-4-2-1-3-12(13)9-5-10-7-18-8-11(10)6-9;3-2(4,5)1(6)7/h1-5,10-11,18H,6-8H2;(H,6,7)/t10-,11+;/m0./s1. The maximum atomic E-state index is 13.0. The Bertz CT molecular complexity index is 665. The summed E-state index contributed by atoms with van der Waals surface area (Å²) < 4.78 is 70.6. The summed E-state index contributed by atoms with van der Waals surface area (Å²) in [5, 5.41) is 10.4. The van der Waals surface area contributed by atoms with E-state index in [0.717, 1.165) is 25.1 Å². The summed E-state index contributed by atoms with van der Waals surface area (Å²) in [5.41, 5.74) is 0.711. The first-order valence-electron chi connectivity index (χ1n) is 7.38. The van der Waals surface area contributed by atoms with Crippen LogP contribution < -0.4 is 5.32 Å². The second-order valence-electron chi connectivity index (χ2n) is 5.82. The molecule has 138 valence electrons. The van der Waals surface area contributed by atoms with Crippen molar-refractivity contribution in [3.63, 3.8) is 0 Å². The number of benzene rings is 1. The van der Waals surface area contributed by atoms with E-state index in [1.165, 1.54) is 12.1 Å². The number of aliphatic carboxylic acids is 1. The van der Waals surface area contributed by atoms with Gasteiger partial charge in [0.25, 0.3) is 0 Å². The van der Waals surface area contributed by atoms with Crippen LogP contribution in [0.2, 0.25) is 0 Å². The van der Waals surface area contributed by atoms with Crippen molar-refractivity contribution in [3.8, 4) is 0 Å². The molecule has 1 aliphatic carbocycles. The third-order valence-electron chi connectivity index (χ3n) is 4.11. The molecule has 3 rings (SSSR count). The zero-order valence-corrected chi connectivity index (χ0v) is 12.8. The summed E-state index contributed by atoms with van der Waals surface area (Å²) in [6.07, 6.45) is -6.58. The topological polar surface area (TPSA) is 49.3 Å². The van der Waals surface area contributed by atoms with E-state index in [0.29, 0.717) is 17.4 Å². The number of hydrogen-bond donors (Lipinski definition) is 2. The Hall–Kier alpha value is -2.03. The van der Waals surface area contributed by atoms with Crippen LogP contribution in [0.15, 0.2) is 30.3 Å². The van der Waals surface area contributed by atoms with Gasteiger partial charge in [-0.3, -0.25) is 0 Å². The minimum atomic E-state index is -5.08. The van der Waals surface area contributed by atoms with Gasteiger partial charge in [0, 0.05) is 6.54 Å². The van der Waals surface area contributed by atoms with Gasteiger partial charge in [0.2, 0.25) is 0 Å². The van der Waals surface area contributed by atoms with Crippen LogP contribution in [0.25, 0.3) is 5.57 Å². The van der Waals surface area contributed by atoms with Gasteiger partial charge in [-0.25, -0.2) is 4.79 Å². The molecule has 0 radical (unpaired) electrons. The molecule has 1 saturated heterocycles. The highest BCUT2D eigenvalue weighted by Gasteiger charge is 2.38. The molecule has 2 N–H and O–H groups in total. The molecule has 0 unspecified atom stereocenters. The predicted octanol–water partition coefficient (Wildman–Crippen LogP) is 3.96. The van der Waals surface area contributed by atoms with E-state index in [2.05, 4.69) is 5.32 Å². The van der Waals surface area contributed by atoms with Gasteiger partial charge in [-0.1, -0.05) is 24.3 Å². The number of nitrogens with one attached hydrogen (secondary N) is 1. The Kier molecular flexibility index (Phi) is 5.46. The number of fused-ring (bicyclic) bond motifs is 1. The van der Waals surface area contributed by atoms with E-state index in [1.54, 1.807) is 12.1 Å². The van der Waals surface area contributed by atoms with Crippen molar-refractivity contribution in [2.45, 2.75) is 18.8 Å². The van der Waals surface area contributed by atoms with Crippen LogP contribution in [0.4, 0.5) is 26.3 Å². The van der Waals surface area contributed by atoms with Crippen molar-refractivity contribution in [3.05, 3.63) is 41.5 Å². The molecule has 1 aromatic rings. The maximum absolute atomic E-state index is 13.0. The highest BCUT2D eigenvalue weighted by molar-refractivity contribution is 5.73. The minimum absolute atomic E-state index is 0.361. The van der Waals surface area contributed by atoms with Crippen LogP contribution >= 0.6 is 0 Å². The van der Waals surface area contributed by atoms with Crippen LogP contribution in [-0.2, 0) is 11.0 Å². The summed E-state index contributed by atoms with van der Waals surface area (Å²) in [7, 11) is 0. The average molecular weight is 367 g/mol. The van der Waals surface area contributed by atoms with Gasteiger partial charge in [0.1, 0.15) is 0 Å². The zero-order chi connectivity index (χ0) is 18.8. The van der Waals surface area contributed by atoms with E-state index in [1.807, 2.05) is 6.08 Å². The molecule has 1 fully saturated rings. The third-order valence-corrected chi connectivity index (χ3v) is 4.11. The molecule has 1 heterocycles. The van der Waals surface area contributed by atoms with Crippen LogP contribution in [-0.4, -0.2) is 30.3 Å². The molecule has 9 heteroatoms. The number of alkyl halides is 6. The Morgan fingerprint density at radius 2 is 1.68 bits per heavy atom. The number of halogens is 6. The van der Waals surface area contributed by atoms with Crippen molar-refractivity contribution in [2.75, 3.05) is 13.1 Å². The van der Waals surface area contributed by atoms with E-state index >= 15 is 0 Å². The number of allylic oxidation sites excluding steroid dienone is 1. The van der Waals surface area contributed by atoms with Crippen molar-refractivity contribution in [2.24, 2.45) is 11.8 Å². The van der Waals surface area contributed by atoms with E-state index in [4.69, 9.17) is 9.90 Å². The first-order chi connectivity index (χ1) is 11.5. The Labute approximate surface area is 139 Å². The van der Waals surface area contributed by atoms with Crippen molar-refractivity contribution in [1.82, 2.24) is 5.32 Å². The van der Waals surface area contributed by atoms with E-state index < -0.39 is 23.9 Å². The largest absolute Gasteiger partial charge is 0.490 e. The molecule has 3 nitrogen and oxygen atoms in total.